The molecule has 4 aromatic carbocycles. The quantitative estimate of drug-likeness (QED) is 0.223. The first-order chi connectivity index (χ1) is 20.8. The van der Waals surface area contributed by atoms with Crippen LogP contribution in [0.3, 0.4) is 0 Å². The molecule has 2 aromatic heterocycles. The van der Waals surface area contributed by atoms with E-state index in [1.807, 2.05) is 0 Å². The normalized spacial score (nSPS) is 17.3. The standard InChI is InChI=1S/C39H30N2O/c1-2-12-25(13-3-1)33-24-31(26-14-4-7-19-32(26)40-33)29-17-11-23-37-38(29)30-18-10-22-36(39(30)42-37)41-34-20-8-5-15-27(34)28-16-6-9-21-35(28)41/h1-5,7-8,10-15,17,19-20,22-24,30H,6,9,16,18,21H2. The highest BCUT2D eigenvalue weighted by atomic mass is 16.5. The predicted molar refractivity (Wildman–Crippen MR) is 172 cm³/mol. The van der Waals surface area contributed by atoms with Gasteiger partial charge in [-0.15, -0.1) is 0 Å². The fraction of sp³-hybridized carbons (Fsp3) is 0.154. The summed E-state index contributed by atoms with van der Waals surface area (Å²) in [6.45, 7) is 0. The topological polar surface area (TPSA) is 27.1 Å². The molecule has 0 spiro atoms. The summed E-state index contributed by atoms with van der Waals surface area (Å²) < 4.78 is 9.38. The molecule has 0 bridgehead atoms. The van der Waals surface area contributed by atoms with E-state index in [0.717, 1.165) is 47.5 Å². The van der Waals surface area contributed by atoms with Crippen LogP contribution in [-0.2, 0) is 12.8 Å². The zero-order valence-corrected chi connectivity index (χ0v) is 23.4. The Balaban J connectivity index is 1.26. The van der Waals surface area contributed by atoms with Crippen LogP contribution in [0.1, 0.15) is 42.0 Å². The number of benzene rings is 4. The molecule has 0 N–H and O–H groups in total. The van der Waals surface area contributed by atoms with Gasteiger partial charge in [0.25, 0.3) is 0 Å². The van der Waals surface area contributed by atoms with Crippen molar-refractivity contribution in [2.75, 3.05) is 0 Å². The van der Waals surface area contributed by atoms with Gasteiger partial charge in [0.2, 0.25) is 0 Å². The number of aryl methyl sites for hydroxylation is 1. The molecule has 0 radical (unpaired) electrons. The lowest BCUT2D eigenvalue weighted by atomic mass is 9.84. The molecule has 6 aromatic rings. The number of rotatable bonds is 3. The van der Waals surface area contributed by atoms with Gasteiger partial charge in [-0.1, -0.05) is 84.9 Å². The van der Waals surface area contributed by atoms with Crippen molar-refractivity contribution >= 4 is 27.5 Å². The van der Waals surface area contributed by atoms with Crippen molar-refractivity contribution in [2.45, 2.75) is 38.0 Å². The fourth-order valence-corrected chi connectivity index (χ4v) is 7.51. The second-order valence-electron chi connectivity index (χ2n) is 11.7. The second kappa shape index (κ2) is 9.32. The summed E-state index contributed by atoms with van der Waals surface area (Å²) >= 11 is 0. The predicted octanol–water partition coefficient (Wildman–Crippen LogP) is 9.71. The summed E-state index contributed by atoms with van der Waals surface area (Å²) in [6.07, 6.45) is 10.4. The molecule has 0 saturated carbocycles. The second-order valence-corrected chi connectivity index (χ2v) is 11.7. The summed E-state index contributed by atoms with van der Waals surface area (Å²) in [7, 11) is 0. The highest BCUT2D eigenvalue weighted by molar-refractivity contribution is 5.98. The van der Waals surface area contributed by atoms with Gasteiger partial charge in [0, 0.05) is 27.6 Å². The number of pyridine rings is 1. The molecule has 1 unspecified atom stereocenters. The maximum Gasteiger partial charge on any atom is 0.136 e. The maximum absolute atomic E-state index is 6.87. The number of fused-ring (bicyclic) bond motifs is 7. The molecule has 9 rings (SSSR count). The van der Waals surface area contributed by atoms with Crippen LogP contribution in [0.25, 0.3) is 49.9 Å². The largest absolute Gasteiger partial charge is 0.459 e. The minimum Gasteiger partial charge on any atom is -0.459 e. The first-order valence-electron chi connectivity index (χ1n) is 15.1. The van der Waals surface area contributed by atoms with Crippen LogP contribution in [0.2, 0.25) is 0 Å². The molecule has 1 atom stereocenters. The van der Waals surface area contributed by atoms with Crippen molar-refractivity contribution in [1.82, 2.24) is 9.55 Å². The van der Waals surface area contributed by atoms with Gasteiger partial charge in [0.05, 0.1) is 28.3 Å². The van der Waals surface area contributed by atoms with E-state index >= 15 is 0 Å². The highest BCUT2D eigenvalue weighted by Crippen LogP contribution is 2.52. The molecular formula is C39H30N2O. The molecule has 3 aliphatic rings. The van der Waals surface area contributed by atoms with Crippen molar-refractivity contribution in [3.05, 3.63) is 138 Å². The minimum absolute atomic E-state index is 0.170. The van der Waals surface area contributed by atoms with E-state index in [1.165, 1.54) is 62.8 Å². The first-order valence-corrected chi connectivity index (χ1v) is 15.1. The third kappa shape index (κ3) is 3.50. The Morgan fingerprint density at radius 1 is 0.738 bits per heavy atom. The number of hydrogen-bond donors (Lipinski definition) is 0. The van der Waals surface area contributed by atoms with E-state index in [9.17, 15) is 0 Å². The molecule has 3 nitrogen and oxygen atoms in total. The molecular weight excluding hydrogens is 512 g/mol. The van der Waals surface area contributed by atoms with Crippen molar-refractivity contribution in [1.29, 1.82) is 0 Å². The summed E-state index contributed by atoms with van der Waals surface area (Å²) in [5.74, 6) is 2.22. The van der Waals surface area contributed by atoms with Crippen LogP contribution in [0, 0.1) is 0 Å². The minimum atomic E-state index is 0.170. The molecule has 0 amide bonds. The van der Waals surface area contributed by atoms with E-state index in [4.69, 9.17) is 9.72 Å². The average molecular weight is 543 g/mol. The third-order valence-corrected chi connectivity index (χ3v) is 9.35. The zero-order chi connectivity index (χ0) is 27.6. The lowest BCUT2D eigenvalue weighted by Crippen LogP contribution is -2.13. The number of allylic oxidation sites excluding steroid dienone is 4. The lowest BCUT2D eigenvalue weighted by molar-refractivity contribution is 0.425. The molecule has 42 heavy (non-hydrogen) atoms. The number of ether oxygens (including phenoxy) is 1. The lowest BCUT2D eigenvalue weighted by Gasteiger charge is -2.23. The molecule has 2 aliphatic carbocycles. The molecule has 0 fully saturated rings. The summed E-state index contributed by atoms with van der Waals surface area (Å²) in [6, 6.07) is 36.8. The van der Waals surface area contributed by atoms with Gasteiger partial charge >= 0.3 is 0 Å². The maximum atomic E-state index is 6.87. The van der Waals surface area contributed by atoms with Crippen molar-refractivity contribution in [3.63, 3.8) is 0 Å². The highest BCUT2D eigenvalue weighted by Gasteiger charge is 2.37. The van der Waals surface area contributed by atoms with Gasteiger partial charge in [-0.3, -0.25) is 0 Å². The van der Waals surface area contributed by atoms with Crippen LogP contribution >= 0.6 is 0 Å². The van der Waals surface area contributed by atoms with Gasteiger partial charge < -0.3 is 9.30 Å². The van der Waals surface area contributed by atoms with Gasteiger partial charge in [-0.2, -0.15) is 0 Å². The third-order valence-electron chi connectivity index (χ3n) is 9.35. The van der Waals surface area contributed by atoms with Crippen LogP contribution in [0.5, 0.6) is 5.75 Å². The van der Waals surface area contributed by atoms with Crippen LogP contribution in [0.4, 0.5) is 0 Å². The number of hydrogen-bond acceptors (Lipinski definition) is 2. The zero-order valence-electron chi connectivity index (χ0n) is 23.4. The molecule has 1 aliphatic heterocycles. The van der Waals surface area contributed by atoms with E-state index < -0.39 is 0 Å². The van der Waals surface area contributed by atoms with E-state index in [0.29, 0.717) is 0 Å². The number of nitrogens with zero attached hydrogens (tertiary/aromatic N) is 2. The molecule has 3 heteroatoms. The molecule has 202 valence electrons. The Morgan fingerprint density at radius 2 is 1.55 bits per heavy atom. The van der Waals surface area contributed by atoms with Crippen LogP contribution in [-0.4, -0.2) is 9.55 Å². The SMILES string of the molecule is C1=CC(n2c3c(c4ccccc42)CCCC3)=C2Oc3cccc(-c4cc(-c5ccccc5)nc5ccccc45)c3C2C1. The Hall–Kier alpha value is -4.89. The van der Waals surface area contributed by atoms with E-state index in [2.05, 4.69) is 120 Å². The number of para-hydroxylation sites is 2. The van der Waals surface area contributed by atoms with Gasteiger partial charge in [0.1, 0.15) is 11.5 Å². The summed E-state index contributed by atoms with van der Waals surface area (Å²) in [4.78, 5) is 5.07. The van der Waals surface area contributed by atoms with Crippen LogP contribution < -0.4 is 4.74 Å². The van der Waals surface area contributed by atoms with Crippen molar-refractivity contribution in [3.8, 4) is 28.1 Å². The van der Waals surface area contributed by atoms with Crippen LogP contribution in [0.15, 0.2) is 121 Å². The Morgan fingerprint density at radius 3 is 2.48 bits per heavy atom. The first kappa shape index (κ1) is 23.8. The van der Waals surface area contributed by atoms with Gasteiger partial charge in [-0.25, -0.2) is 4.98 Å². The summed E-state index contributed by atoms with van der Waals surface area (Å²) in [5.41, 5.74) is 12.3. The smallest absolute Gasteiger partial charge is 0.136 e. The Kier molecular flexibility index (Phi) is 5.28. The molecule has 3 heterocycles. The Labute approximate surface area is 245 Å². The van der Waals surface area contributed by atoms with E-state index in [1.54, 1.807) is 0 Å². The van der Waals surface area contributed by atoms with Gasteiger partial charge in [-0.05, 0) is 79.1 Å². The Bertz CT molecular complexity index is 2100. The average Bonchev–Trinajstić information content (AvgIpc) is 3.61. The van der Waals surface area contributed by atoms with Crippen molar-refractivity contribution < 1.29 is 4.74 Å². The monoisotopic (exact) mass is 542 g/mol. The van der Waals surface area contributed by atoms with E-state index in [-0.39, 0.29) is 5.92 Å². The number of aromatic nitrogens is 2. The molecule has 0 saturated heterocycles. The van der Waals surface area contributed by atoms with Gasteiger partial charge in [0.15, 0.2) is 0 Å². The fourth-order valence-electron chi connectivity index (χ4n) is 7.51. The van der Waals surface area contributed by atoms with Crippen molar-refractivity contribution in [2.24, 2.45) is 0 Å². The summed E-state index contributed by atoms with van der Waals surface area (Å²) in [5, 5.41) is 2.56.